The Bertz CT molecular complexity index is 1270. The van der Waals surface area contributed by atoms with Crippen molar-refractivity contribution in [3.63, 3.8) is 0 Å². The van der Waals surface area contributed by atoms with Crippen LogP contribution in [0.5, 0.6) is 11.5 Å². The van der Waals surface area contributed by atoms with Crippen LogP contribution in [-0.4, -0.2) is 75.1 Å². The third-order valence-corrected chi connectivity index (χ3v) is 9.84. The fraction of sp³-hybridized carbons (Fsp3) is 0.559. The highest BCUT2D eigenvalue weighted by Crippen LogP contribution is 2.38. The highest BCUT2D eigenvalue weighted by Gasteiger charge is 2.55. The third kappa shape index (κ3) is 7.05. The first-order chi connectivity index (χ1) is 20.7. The number of unbranched alkanes of at least 4 members (excludes halogenated alkanes) is 1. The smallest absolute Gasteiger partial charge is 0.335 e. The zero-order valence-electron chi connectivity index (χ0n) is 25.7. The van der Waals surface area contributed by atoms with Gasteiger partial charge in [-0.25, -0.2) is 4.79 Å². The molecule has 240 valence electrons. The summed E-state index contributed by atoms with van der Waals surface area (Å²) in [4.78, 5) is 42.9. The molecule has 2 saturated heterocycles. The fourth-order valence-electron chi connectivity index (χ4n) is 7.06. The van der Waals surface area contributed by atoms with E-state index in [0.29, 0.717) is 44.0 Å². The summed E-state index contributed by atoms with van der Waals surface area (Å²) < 4.78 is 5.89. The number of benzene rings is 2. The number of aliphatic hydroxyl groups excluding tert-OH is 1. The number of aliphatic hydroxyl groups is 1. The van der Waals surface area contributed by atoms with Gasteiger partial charge in [-0.1, -0.05) is 44.7 Å². The van der Waals surface area contributed by atoms with Gasteiger partial charge in [-0.2, -0.15) is 0 Å². The molecule has 2 heterocycles. The molecule has 0 bridgehead atoms. The molecule has 5 rings (SSSR count). The fourth-order valence-corrected chi connectivity index (χ4v) is 7.06. The number of carboxylic acid groups (broad SMARTS) is 1. The molecule has 3 atom stereocenters. The van der Waals surface area contributed by atoms with E-state index in [1.54, 1.807) is 12.1 Å². The first-order valence-electron chi connectivity index (χ1n) is 15.9. The van der Waals surface area contributed by atoms with Crippen LogP contribution in [0.15, 0.2) is 48.5 Å². The minimum atomic E-state index is -0.976. The molecule has 3 N–H and O–H groups in total. The summed E-state index contributed by atoms with van der Waals surface area (Å²) >= 11 is 0. The molecule has 3 fully saturated rings. The van der Waals surface area contributed by atoms with Gasteiger partial charge in [0.25, 0.3) is 0 Å². The maximum Gasteiger partial charge on any atom is 0.335 e. The molecule has 44 heavy (non-hydrogen) atoms. The Kier molecular flexibility index (Phi) is 11.3. The number of likely N-dealkylation sites (tertiary alicyclic amines) is 1. The van der Waals surface area contributed by atoms with E-state index in [1.165, 1.54) is 12.1 Å². The van der Waals surface area contributed by atoms with Gasteiger partial charge in [-0.05, 0) is 86.9 Å². The topological polar surface area (TPSA) is 119 Å². The zero-order valence-corrected chi connectivity index (χ0v) is 26.6. The average molecular weight is 628 g/mol. The molecule has 1 spiro atoms. The molecule has 10 heteroatoms. The largest absolute Gasteiger partial charge is 0.478 e. The molecule has 1 saturated carbocycles. The summed E-state index contributed by atoms with van der Waals surface area (Å²) in [7, 11) is 0. The maximum atomic E-state index is 13.9. The maximum absolute atomic E-state index is 13.9. The molecule has 9 nitrogen and oxygen atoms in total. The number of carbonyl (C=O) groups is 3. The Hall–Kier alpha value is -3.14. The Morgan fingerprint density at radius 1 is 1.00 bits per heavy atom. The van der Waals surface area contributed by atoms with Gasteiger partial charge in [0, 0.05) is 25.7 Å². The van der Waals surface area contributed by atoms with Crippen LogP contribution >= 0.6 is 12.4 Å². The van der Waals surface area contributed by atoms with Gasteiger partial charge >= 0.3 is 5.97 Å². The second-order valence-corrected chi connectivity index (χ2v) is 12.4. The van der Waals surface area contributed by atoms with Crippen LogP contribution in [0, 0.1) is 5.92 Å². The van der Waals surface area contributed by atoms with E-state index in [0.717, 1.165) is 50.5 Å². The number of piperidine rings is 1. The SMILES string of the molecule is CCCCN1C(=O)[C@@H](C(O)C2CCCCC2)NC(=O)C12CCN(C(C)c1ccc(Oc3ccc(C(=O)O)cc3)cc1)CC2.Cl. The molecular formula is C34H46ClN3O6. The van der Waals surface area contributed by atoms with Crippen molar-refractivity contribution < 1.29 is 29.3 Å². The van der Waals surface area contributed by atoms with E-state index in [4.69, 9.17) is 9.84 Å². The van der Waals surface area contributed by atoms with Gasteiger partial charge in [0.15, 0.2) is 0 Å². The highest BCUT2D eigenvalue weighted by atomic mass is 35.5. The van der Waals surface area contributed by atoms with Crippen LogP contribution in [0.4, 0.5) is 0 Å². The molecular weight excluding hydrogens is 582 g/mol. The second kappa shape index (κ2) is 14.8. The molecule has 3 aliphatic rings. The average Bonchev–Trinajstić information content (AvgIpc) is 3.03. The van der Waals surface area contributed by atoms with Gasteiger partial charge in [0.1, 0.15) is 23.1 Å². The van der Waals surface area contributed by atoms with Crippen molar-refractivity contribution in [3.8, 4) is 11.5 Å². The third-order valence-electron chi connectivity index (χ3n) is 9.84. The van der Waals surface area contributed by atoms with E-state index in [-0.39, 0.29) is 41.7 Å². The standard InChI is InChI=1S/C34H45N3O6.ClH/c1-3-4-20-37-31(39)29(30(38)25-8-6-5-7-9-25)35-33(42)34(37)18-21-36(22-19-34)23(2)24-10-14-27(15-11-24)43-28-16-12-26(13-17-28)32(40)41;/h10-17,23,25,29-30,38H,3-9,18-22H2,1-2H3,(H,35,42)(H,40,41);1H/t23?,29-,30?;/m1./s1. The first kappa shape index (κ1) is 33.7. The number of rotatable bonds is 10. The van der Waals surface area contributed by atoms with Crippen molar-refractivity contribution in [1.82, 2.24) is 15.1 Å². The lowest BCUT2D eigenvalue weighted by Gasteiger charge is -2.53. The summed E-state index contributed by atoms with van der Waals surface area (Å²) in [5.41, 5.74) is 0.450. The number of piperazine rings is 1. The zero-order chi connectivity index (χ0) is 30.6. The van der Waals surface area contributed by atoms with Crippen LogP contribution < -0.4 is 10.1 Å². The summed E-state index contributed by atoms with van der Waals surface area (Å²) in [6.07, 6.45) is 7.11. The van der Waals surface area contributed by atoms with Crippen molar-refractivity contribution in [2.24, 2.45) is 5.92 Å². The number of nitrogens with one attached hydrogen (secondary N) is 1. The van der Waals surface area contributed by atoms with Gasteiger partial charge < -0.3 is 25.2 Å². The highest BCUT2D eigenvalue weighted by molar-refractivity contribution is 6.00. The lowest BCUT2D eigenvalue weighted by molar-refractivity contribution is -0.166. The van der Waals surface area contributed by atoms with E-state index in [1.807, 2.05) is 29.2 Å². The molecule has 0 aromatic heterocycles. The number of hydrogen-bond acceptors (Lipinski definition) is 6. The first-order valence-corrected chi connectivity index (χ1v) is 15.9. The second-order valence-electron chi connectivity index (χ2n) is 12.4. The molecule has 2 aromatic carbocycles. The minimum absolute atomic E-state index is 0. The van der Waals surface area contributed by atoms with Gasteiger partial charge in [-0.3, -0.25) is 14.5 Å². The van der Waals surface area contributed by atoms with Gasteiger partial charge in [-0.15, -0.1) is 12.4 Å². The number of hydrogen-bond donors (Lipinski definition) is 3. The number of aromatic carboxylic acids is 1. The van der Waals surface area contributed by atoms with Crippen LogP contribution in [0.1, 0.15) is 93.6 Å². The van der Waals surface area contributed by atoms with Gasteiger partial charge in [0.05, 0.1) is 11.7 Å². The Labute approximate surface area is 266 Å². The predicted molar refractivity (Wildman–Crippen MR) is 170 cm³/mol. The molecule has 2 aromatic rings. The van der Waals surface area contributed by atoms with Crippen molar-refractivity contribution in [1.29, 1.82) is 0 Å². The normalized spacial score (nSPS) is 22.2. The Morgan fingerprint density at radius 3 is 2.16 bits per heavy atom. The van der Waals surface area contributed by atoms with Crippen molar-refractivity contribution in [2.75, 3.05) is 19.6 Å². The van der Waals surface area contributed by atoms with Crippen LogP contribution in [-0.2, 0) is 9.59 Å². The van der Waals surface area contributed by atoms with E-state index in [2.05, 4.69) is 24.1 Å². The number of carbonyl (C=O) groups excluding carboxylic acids is 2. The molecule has 1 aliphatic carbocycles. The minimum Gasteiger partial charge on any atom is -0.478 e. The lowest BCUT2D eigenvalue weighted by Crippen LogP contribution is -2.75. The van der Waals surface area contributed by atoms with Crippen molar-refractivity contribution >= 4 is 30.2 Å². The van der Waals surface area contributed by atoms with Crippen molar-refractivity contribution in [2.45, 2.75) is 95.4 Å². The van der Waals surface area contributed by atoms with Crippen LogP contribution in [0.25, 0.3) is 0 Å². The summed E-state index contributed by atoms with van der Waals surface area (Å²) in [6.45, 7) is 6.12. The lowest BCUT2D eigenvalue weighted by atomic mass is 9.77. The predicted octanol–water partition coefficient (Wildman–Crippen LogP) is 5.56. The number of nitrogens with zero attached hydrogens (tertiary/aromatic N) is 2. The van der Waals surface area contributed by atoms with Gasteiger partial charge in [0.2, 0.25) is 11.8 Å². The van der Waals surface area contributed by atoms with Crippen LogP contribution in [0.2, 0.25) is 0 Å². The van der Waals surface area contributed by atoms with E-state index >= 15 is 0 Å². The molecule has 0 radical (unpaired) electrons. The number of halogens is 1. The Balaban J connectivity index is 0.00000442. The summed E-state index contributed by atoms with van der Waals surface area (Å²) in [6, 6.07) is 13.4. The summed E-state index contributed by atoms with van der Waals surface area (Å²) in [5, 5.41) is 23.3. The number of ether oxygens (including phenoxy) is 1. The Morgan fingerprint density at radius 2 is 1.59 bits per heavy atom. The number of carboxylic acids is 1. The summed E-state index contributed by atoms with van der Waals surface area (Å²) in [5.74, 6) is 0.0609. The molecule has 2 aliphatic heterocycles. The van der Waals surface area contributed by atoms with Crippen LogP contribution in [0.3, 0.4) is 0 Å². The number of amides is 2. The molecule has 2 amide bonds. The molecule has 2 unspecified atom stereocenters. The van der Waals surface area contributed by atoms with E-state index < -0.39 is 23.7 Å². The quantitative estimate of drug-likeness (QED) is 0.315. The van der Waals surface area contributed by atoms with E-state index in [9.17, 15) is 19.5 Å². The monoisotopic (exact) mass is 627 g/mol. The van der Waals surface area contributed by atoms with Crippen molar-refractivity contribution in [3.05, 3.63) is 59.7 Å².